The molecule has 0 aliphatic carbocycles. The molecule has 1 amide bonds. The monoisotopic (exact) mass is 547 g/mol. The highest BCUT2D eigenvalue weighted by atomic mass is 79.9. The van der Waals surface area contributed by atoms with E-state index in [9.17, 15) is 10.1 Å². The van der Waals surface area contributed by atoms with Gasteiger partial charge in [-0.05, 0) is 73.3 Å². The van der Waals surface area contributed by atoms with Crippen molar-refractivity contribution >= 4 is 50.5 Å². The third-order valence-electron chi connectivity index (χ3n) is 5.28. The lowest BCUT2D eigenvalue weighted by atomic mass is 10.1. The second-order valence-corrected chi connectivity index (χ2v) is 9.42. The number of benzene rings is 3. The quantitative estimate of drug-likeness (QED) is 0.314. The molecule has 1 heterocycles. The van der Waals surface area contributed by atoms with Gasteiger partial charge in [-0.25, -0.2) is 4.99 Å². The SMILES string of the molecule is CCN1C(=O)/C(=C/c2cc(Br)ccc2OCc2ccccc2C#N)SC1=Nc1ccc(OC)cc1. The van der Waals surface area contributed by atoms with Gasteiger partial charge in [0.05, 0.1) is 29.3 Å². The van der Waals surface area contributed by atoms with Gasteiger partial charge in [0.2, 0.25) is 0 Å². The van der Waals surface area contributed by atoms with E-state index in [1.54, 1.807) is 18.1 Å². The lowest BCUT2D eigenvalue weighted by molar-refractivity contribution is -0.122. The Morgan fingerprint density at radius 1 is 1.14 bits per heavy atom. The number of halogens is 1. The summed E-state index contributed by atoms with van der Waals surface area (Å²) in [5.74, 6) is 1.26. The minimum atomic E-state index is -0.106. The van der Waals surface area contributed by atoms with Gasteiger partial charge in [0, 0.05) is 22.1 Å². The lowest BCUT2D eigenvalue weighted by Gasteiger charge is -2.12. The first-order valence-electron chi connectivity index (χ1n) is 10.9. The molecule has 35 heavy (non-hydrogen) atoms. The maximum Gasteiger partial charge on any atom is 0.266 e. The van der Waals surface area contributed by atoms with Crippen LogP contribution < -0.4 is 9.47 Å². The molecule has 1 aliphatic rings. The maximum absolute atomic E-state index is 13.1. The summed E-state index contributed by atoms with van der Waals surface area (Å²) >= 11 is 4.84. The first-order chi connectivity index (χ1) is 17.0. The van der Waals surface area contributed by atoms with E-state index in [1.165, 1.54) is 11.8 Å². The number of aliphatic imine (C=N–C) groups is 1. The van der Waals surface area contributed by atoms with Crippen LogP contribution in [0.3, 0.4) is 0 Å². The molecule has 0 radical (unpaired) electrons. The number of carbonyl (C=O) groups is 1. The molecule has 1 saturated heterocycles. The Bertz CT molecular complexity index is 1350. The molecular formula is C27H22BrN3O3S. The molecule has 3 aromatic rings. The van der Waals surface area contributed by atoms with Crippen molar-refractivity contribution in [1.29, 1.82) is 5.26 Å². The normalized spacial score (nSPS) is 15.5. The molecule has 0 aromatic heterocycles. The smallest absolute Gasteiger partial charge is 0.266 e. The molecule has 6 nitrogen and oxygen atoms in total. The summed E-state index contributed by atoms with van der Waals surface area (Å²) in [6.45, 7) is 2.67. The maximum atomic E-state index is 13.1. The Labute approximate surface area is 217 Å². The van der Waals surface area contributed by atoms with Gasteiger partial charge in [0.15, 0.2) is 5.17 Å². The van der Waals surface area contributed by atoms with Crippen molar-refractivity contribution in [2.75, 3.05) is 13.7 Å². The number of amidine groups is 1. The molecule has 0 N–H and O–H groups in total. The van der Waals surface area contributed by atoms with Crippen molar-refractivity contribution in [2.45, 2.75) is 13.5 Å². The number of likely N-dealkylation sites (N-methyl/N-ethyl adjacent to an activating group) is 1. The van der Waals surface area contributed by atoms with E-state index in [0.717, 1.165) is 27.0 Å². The van der Waals surface area contributed by atoms with Crippen LogP contribution >= 0.6 is 27.7 Å². The van der Waals surface area contributed by atoms with Crippen LogP contribution in [0.5, 0.6) is 11.5 Å². The van der Waals surface area contributed by atoms with Gasteiger partial charge in [-0.15, -0.1) is 0 Å². The van der Waals surface area contributed by atoms with Crippen LogP contribution in [-0.2, 0) is 11.4 Å². The Hall–Kier alpha value is -3.54. The van der Waals surface area contributed by atoms with E-state index in [2.05, 4.69) is 27.0 Å². The summed E-state index contributed by atoms with van der Waals surface area (Å²) in [7, 11) is 1.62. The van der Waals surface area contributed by atoms with Crippen molar-refractivity contribution in [2.24, 2.45) is 4.99 Å². The van der Waals surface area contributed by atoms with Crippen LogP contribution in [0, 0.1) is 11.3 Å². The third kappa shape index (κ3) is 5.76. The van der Waals surface area contributed by atoms with E-state index in [1.807, 2.05) is 73.7 Å². The number of methoxy groups -OCH3 is 1. The molecule has 176 valence electrons. The molecular weight excluding hydrogens is 526 g/mol. The molecule has 0 bridgehead atoms. The second-order valence-electron chi connectivity index (χ2n) is 7.49. The predicted octanol–water partition coefficient (Wildman–Crippen LogP) is 6.53. The molecule has 8 heteroatoms. The van der Waals surface area contributed by atoms with Crippen molar-refractivity contribution in [3.05, 3.63) is 92.8 Å². The average Bonchev–Trinajstić information content (AvgIpc) is 3.17. The summed E-state index contributed by atoms with van der Waals surface area (Å²) in [5.41, 5.74) is 2.87. The van der Waals surface area contributed by atoms with Gasteiger partial charge in [-0.3, -0.25) is 9.69 Å². The first-order valence-corrected chi connectivity index (χ1v) is 12.5. The van der Waals surface area contributed by atoms with Gasteiger partial charge in [-0.1, -0.05) is 34.1 Å². The highest BCUT2D eigenvalue weighted by Gasteiger charge is 2.32. The zero-order chi connectivity index (χ0) is 24.8. The van der Waals surface area contributed by atoms with Gasteiger partial charge in [0.25, 0.3) is 5.91 Å². The number of ether oxygens (including phenoxy) is 2. The topological polar surface area (TPSA) is 74.9 Å². The van der Waals surface area contributed by atoms with Crippen LogP contribution in [0.1, 0.15) is 23.6 Å². The number of hydrogen-bond acceptors (Lipinski definition) is 6. The average molecular weight is 548 g/mol. The minimum absolute atomic E-state index is 0.106. The highest BCUT2D eigenvalue weighted by molar-refractivity contribution is 9.10. The zero-order valence-electron chi connectivity index (χ0n) is 19.2. The number of thioether (sulfide) groups is 1. The molecule has 0 saturated carbocycles. The van der Waals surface area contributed by atoms with E-state index < -0.39 is 0 Å². The van der Waals surface area contributed by atoms with Crippen LogP contribution in [0.2, 0.25) is 0 Å². The van der Waals surface area contributed by atoms with Crippen molar-refractivity contribution < 1.29 is 14.3 Å². The Morgan fingerprint density at radius 2 is 1.91 bits per heavy atom. The van der Waals surface area contributed by atoms with Crippen molar-refractivity contribution in [3.8, 4) is 17.6 Å². The lowest BCUT2D eigenvalue weighted by Crippen LogP contribution is -2.28. The predicted molar refractivity (Wildman–Crippen MR) is 143 cm³/mol. The molecule has 0 atom stereocenters. The van der Waals surface area contributed by atoms with Crippen molar-refractivity contribution in [1.82, 2.24) is 4.90 Å². The standard InChI is InChI=1S/C27H22BrN3O3S/c1-3-31-26(32)25(35-27(31)30-22-9-11-23(33-2)12-10-22)15-20-14-21(28)8-13-24(20)34-17-19-7-5-4-6-18(19)16-29/h4-15H,3,17H2,1-2H3/b25-15-,30-27?. The minimum Gasteiger partial charge on any atom is -0.497 e. The molecule has 1 aliphatic heterocycles. The summed E-state index contributed by atoms with van der Waals surface area (Å²) in [4.78, 5) is 20.0. The van der Waals surface area contributed by atoms with Gasteiger partial charge in [0.1, 0.15) is 18.1 Å². The zero-order valence-corrected chi connectivity index (χ0v) is 21.6. The van der Waals surface area contributed by atoms with Gasteiger partial charge in [-0.2, -0.15) is 5.26 Å². The fourth-order valence-electron chi connectivity index (χ4n) is 3.45. The fraction of sp³-hybridized carbons (Fsp3) is 0.148. The molecule has 0 spiro atoms. The summed E-state index contributed by atoms with van der Waals surface area (Å²) in [6.07, 6.45) is 1.82. The first kappa shape index (κ1) is 24.6. The van der Waals surface area contributed by atoms with E-state index >= 15 is 0 Å². The number of nitriles is 1. The molecule has 0 unspecified atom stereocenters. The van der Waals surface area contributed by atoms with Crippen LogP contribution in [0.15, 0.2) is 81.1 Å². The van der Waals surface area contributed by atoms with Crippen LogP contribution in [0.25, 0.3) is 6.08 Å². The van der Waals surface area contributed by atoms with Crippen LogP contribution in [-0.4, -0.2) is 29.6 Å². The van der Waals surface area contributed by atoms with Crippen LogP contribution in [0.4, 0.5) is 5.69 Å². The Balaban J connectivity index is 1.62. The largest absolute Gasteiger partial charge is 0.497 e. The number of hydrogen-bond donors (Lipinski definition) is 0. The third-order valence-corrected chi connectivity index (χ3v) is 6.78. The van der Waals surface area contributed by atoms with E-state index in [4.69, 9.17) is 9.47 Å². The van der Waals surface area contributed by atoms with Gasteiger partial charge < -0.3 is 9.47 Å². The van der Waals surface area contributed by atoms with E-state index in [-0.39, 0.29) is 12.5 Å². The number of nitrogens with zero attached hydrogens (tertiary/aromatic N) is 3. The molecule has 4 rings (SSSR count). The second kappa shape index (κ2) is 11.3. The summed E-state index contributed by atoms with van der Waals surface area (Å²) in [5, 5.41) is 9.97. The Morgan fingerprint density at radius 3 is 2.63 bits per heavy atom. The summed E-state index contributed by atoms with van der Waals surface area (Å²) < 4.78 is 12.1. The van der Waals surface area contributed by atoms with Gasteiger partial charge >= 0.3 is 0 Å². The molecule has 1 fully saturated rings. The molecule has 3 aromatic carbocycles. The number of carbonyl (C=O) groups excluding carboxylic acids is 1. The van der Waals surface area contributed by atoms with E-state index in [0.29, 0.717) is 27.9 Å². The van der Waals surface area contributed by atoms with Crippen molar-refractivity contribution in [3.63, 3.8) is 0 Å². The fourth-order valence-corrected chi connectivity index (χ4v) is 4.89. The summed E-state index contributed by atoms with van der Waals surface area (Å²) in [6, 6.07) is 22.5. The number of amides is 1. The highest BCUT2D eigenvalue weighted by Crippen LogP contribution is 2.36. The number of rotatable bonds is 7. The Kier molecular flexibility index (Phi) is 7.91.